The van der Waals surface area contributed by atoms with Crippen LogP contribution in [0.25, 0.3) is 0 Å². The van der Waals surface area contributed by atoms with E-state index in [2.05, 4.69) is 16.3 Å². The lowest BCUT2D eigenvalue weighted by atomic mass is 9.80. The van der Waals surface area contributed by atoms with Crippen LogP contribution in [0.3, 0.4) is 0 Å². The average Bonchev–Trinajstić information content (AvgIpc) is 2.68. The number of piperidine rings is 1. The van der Waals surface area contributed by atoms with Crippen molar-refractivity contribution >= 4 is 23.4 Å². The second kappa shape index (κ2) is 8.19. The summed E-state index contributed by atoms with van der Waals surface area (Å²) in [5.74, 6) is 3.67. The number of ether oxygens (including phenoxy) is 2. The highest BCUT2D eigenvalue weighted by Crippen LogP contribution is 2.44. The van der Waals surface area contributed by atoms with Gasteiger partial charge in [-0.2, -0.15) is 11.8 Å². The van der Waals surface area contributed by atoms with Gasteiger partial charge in [0.2, 0.25) is 5.91 Å². The summed E-state index contributed by atoms with van der Waals surface area (Å²) in [4.78, 5) is 14.8. The molecule has 3 aliphatic heterocycles. The number of thioether (sulfide) groups is 1. The summed E-state index contributed by atoms with van der Waals surface area (Å²) in [5, 5.41) is 3.09. The molecule has 3 aliphatic rings. The Balaban J connectivity index is 1.41. The first-order chi connectivity index (χ1) is 12.7. The summed E-state index contributed by atoms with van der Waals surface area (Å²) in [7, 11) is 1.75. The van der Waals surface area contributed by atoms with Crippen LogP contribution in [0.4, 0.5) is 5.69 Å². The van der Waals surface area contributed by atoms with E-state index in [4.69, 9.17) is 9.47 Å². The Labute approximate surface area is 159 Å². The molecule has 0 saturated carbocycles. The predicted molar refractivity (Wildman–Crippen MR) is 105 cm³/mol. The van der Waals surface area contributed by atoms with Gasteiger partial charge in [-0.05, 0) is 54.7 Å². The van der Waals surface area contributed by atoms with Crippen LogP contribution in [0.1, 0.15) is 30.7 Å². The summed E-state index contributed by atoms with van der Waals surface area (Å²) >= 11 is 1.89. The topological polar surface area (TPSA) is 50.8 Å². The number of carbonyl (C=O) groups is 1. The number of anilines is 1. The number of hydrogen-bond acceptors (Lipinski definition) is 5. The minimum Gasteiger partial charge on any atom is -0.490 e. The zero-order valence-corrected chi connectivity index (χ0v) is 16.2. The van der Waals surface area contributed by atoms with E-state index in [-0.39, 0.29) is 17.9 Å². The van der Waals surface area contributed by atoms with Crippen molar-refractivity contribution in [3.05, 3.63) is 23.8 Å². The number of benzene rings is 1. The Bertz CT molecular complexity index is 646. The van der Waals surface area contributed by atoms with E-state index in [1.165, 1.54) is 5.56 Å². The SMILES string of the molecule is COCCN1CCC(Oc2ccc3c(c2)C2CCSCC2C(=O)N3)CC1. The lowest BCUT2D eigenvalue weighted by Crippen LogP contribution is -2.40. The third kappa shape index (κ3) is 3.87. The van der Waals surface area contributed by atoms with Crippen LogP contribution in [0, 0.1) is 5.92 Å². The molecule has 2 unspecified atom stereocenters. The van der Waals surface area contributed by atoms with Crippen LogP contribution in [0.5, 0.6) is 5.75 Å². The quantitative estimate of drug-likeness (QED) is 0.856. The molecule has 0 radical (unpaired) electrons. The Morgan fingerprint density at radius 1 is 1.23 bits per heavy atom. The maximum Gasteiger partial charge on any atom is 0.228 e. The van der Waals surface area contributed by atoms with Gasteiger partial charge in [0.25, 0.3) is 0 Å². The molecule has 26 heavy (non-hydrogen) atoms. The van der Waals surface area contributed by atoms with Gasteiger partial charge < -0.3 is 19.7 Å². The molecule has 2 fully saturated rings. The minimum atomic E-state index is 0.112. The fourth-order valence-corrected chi connectivity index (χ4v) is 5.52. The Morgan fingerprint density at radius 3 is 2.88 bits per heavy atom. The van der Waals surface area contributed by atoms with Crippen molar-refractivity contribution in [2.45, 2.75) is 31.3 Å². The first kappa shape index (κ1) is 18.1. The van der Waals surface area contributed by atoms with E-state index in [1.54, 1.807) is 7.11 Å². The average molecular weight is 377 g/mol. The highest BCUT2D eigenvalue weighted by atomic mass is 32.2. The van der Waals surface area contributed by atoms with Gasteiger partial charge in [0, 0.05) is 38.2 Å². The summed E-state index contributed by atoms with van der Waals surface area (Å²) in [6.07, 6.45) is 3.47. The molecule has 4 rings (SSSR count). The zero-order chi connectivity index (χ0) is 17.9. The first-order valence-electron chi connectivity index (χ1n) is 9.65. The summed E-state index contributed by atoms with van der Waals surface area (Å²) in [6.45, 7) is 3.93. The number of nitrogens with one attached hydrogen (secondary N) is 1. The molecule has 2 saturated heterocycles. The van der Waals surface area contributed by atoms with Crippen molar-refractivity contribution in [2.75, 3.05) is 50.2 Å². The number of carbonyl (C=O) groups excluding carboxylic acids is 1. The first-order valence-corrected chi connectivity index (χ1v) is 10.8. The van der Waals surface area contributed by atoms with Gasteiger partial charge in [-0.15, -0.1) is 0 Å². The van der Waals surface area contributed by atoms with Gasteiger partial charge in [-0.1, -0.05) is 0 Å². The van der Waals surface area contributed by atoms with Gasteiger partial charge in [-0.25, -0.2) is 0 Å². The summed E-state index contributed by atoms with van der Waals surface area (Å²) < 4.78 is 11.5. The van der Waals surface area contributed by atoms with Gasteiger partial charge in [0.15, 0.2) is 0 Å². The molecule has 1 N–H and O–H groups in total. The Kier molecular flexibility index (Phi) is 5.72. The molecular formula is C20H28N2O3S. The van der Waals surface area contributed by atoms with E-state index < -0.39 is 0 Å². The number of methoxy groups -OCH3 is 1. The Morgan fingerprint density at radius 2 is 2.08 bits per heavy atom. The molecule has 0 aliphatic carbocycles. The van der Waals surface area contributed by atoms with Gasteiger partial charge in [0.1, 0.15) is 11.9 Å². The summed E-state index contributed by atoms with van der Waals surface area (Å²) in [6, 6.07) is 6.21. The molecule has 5 nitrogen and oxygen atoms in total. The van der Waals surface area contributed by atoms with E-state index in [1.807, 2.05) is 23.9 Å². The molecule has 6 heteroatoms. The smallest absolute Gasteiger partial charge is 0.228 e. The van der Waals surface area contributed by atoms with E-state index in [0.717, 1.165) is 68.4 Å². The van der Waals surface area contributed by atoms with Crippen LogP contribution in [0.2, 0.25) is 0 Å². The van der Waals surface area contributed by atoms with E-state index in [9.17, 15) is 4.79 Å². The van der Waals surface area contributed by atoms with Crippen LogP contribution in [-0.4, -0.2) is 61.8 Å². The van der Waals surface area contributed by atoms with E-state index >= 15 is 0 Å². The fourth-order valence-electron chi connectivity index (χ4n) is 4.29. The van der Waals surface area contributed by atoms with Crippen molar-refractivity contribution in [1.82, 2.24) is 4.90 Å². The molecule has 1 aromatic carbocycles. The van der Waals surface area contributed by atoms with Crippen molar-refractivity contribution in [3.63, 3.8) is 0 Å². The van der Waals surface area contributed by atoms with Crippen molar-refractivity contribution < 1.29 is 14.3 Å². The standard InChI is InChI=1S/C20H28N2O3S/c1-24-10-9-22-7-4-14(5-8-22)25-15-2-3-19-17(12-15)16-6-11-26-13-18(16)20(23)21-19/h2-3,12,14,16,18H,4-11,13H2,1H3,(H,21,23). The predicted octanol–water partition coefficient (Wildman–Crippen LogP) is 2.97. The van der Waals surface area contributed by atoms with Crippen molar-refractivity contribution in [1.29, 1.82) is 0 Å². The van der Waals surface area contributed by atoms with E-state index in [0.29, 0.717) is 5.92 Å². The zero-order valence-electron chi connectivity index (χ0n) is 15.4. The van der Waals surface area contributed by atoms with Crippen molar-refractivity contribution in [2.24, 2.45) is 5.92 Å². The highest BCUT2D eigenvalue weighted by molar-refractivity contribution is 7.99. The van der Waals surface area contributed by atoms with Crippen LogP contribution in [0.15, 0.2) is 18.2 Å². The van der Waals surface area contributed by atoms with Crippen LogP contribution in [-0.2, 0) is 9.53 Å². The highest BCUT2D eigenvalue weighted by Gasteiger charge is 2.37. The van der Waals surface area contributed by atoms with Crippen molar-refractivity contribution in [3.8, 4) is 5.75 Å². The number of likely N-dealkylation sites (tertiary alicyclic amines) is 1. The number of fused-ring (bicyclic) bond motifs is 3. The molecule has 1 aromatic rings. The number of amides is 1. The molecular weight excluding hydrogens is 348 g/mol. The normalized spacial score (nSPS) is 26.7. The van der Waals surface area contributed by atoms with Crippen LogP contribution >= 0.6 is 11.8 Å². The second-order valence-electron chi connectivity index (χ2n) is 7.47. The monoisotopic (exact) mass is 376 g/mol. The summed E-state index contributed by atoms with van der Waals surface area (Å²) in [5.41, 5.74) is 2.25. The molecule has 2 atom stereocenters. The lowest BCUT2D eigenvalue weighted by molar-refractivity contribution is -0.120. The lowest BCUT2D eigenvalue weighted by Gasteiger charge is -2.36. The fraction of sp³-hybridized carbons (Fsp3) is 0.650. The van der Waals surface area contributed by atoms with Gasteiger partial charge in [0.05, 0.1) is 12.5 Å². The molecule has 0 aromatic heterocycles. The van der Waals surface area contributed by atoms with Crippen LogP contribution < -0.4 is 10.1 Å². The molecule has 1 amide bonds. The largest absolute Gasteiger partial charge is 0.490 e. The minimum absolute atomic E-state index is 0.112. The third-order valence-electron chi connectivity index (χ3n) is 5.82. The number of nitrogens with zero attached hydrogens (tertiary/aromatic N) is 1. The molecule has 142 valence electrons. The number of rotatable bonds is 5. The third-order valence-corrected chi connectivity index (χ3v) is 6.94. The molecule has 0 bridgehead atoms. The number of hydrogen-bond donors (Lipinski definition) is 1. The molecule has 3 heterocycles. The Hall–Kier alpha value is -1.24. The molecule has 0 spiro atoms. The van der Waals surface area contributed by atoms with Gasteiger partial charge >= 0.3 is 0 Å². The maximum absolute atomic E-state index is 12.3. The second-order valence-corrected chi connectivity index (χ2v) is 8.62. The maximum atomic E-state index is 12.3. The van der Waals surface area contributed by atoms with Gasteiger partial charge in [-0.3, -0.25) is 4.79 Å².